The molecule has 2 aromatic heterocycles. The lowest BCUT2D eigenvalue weighted by Crippen LogP contribution is -2.35. The van der Waals surface area contributed by atoms with Gasteiger partial charge < -0.3 is 10.6 Å². The van der Waals surface area contributed by atoms with Gasteiger partial charge in [-0.15, -0.1) is 0 Å². The van der Waals surface area contributed by atoms with Crippen molar-refractivity contribution in [2.45, 2.75) is 77.0 Å². The van der Waals surface area contributed by atoms with E-state index < -0.39 is 6.17 Å². The Morgan fingerprint density at radius 2 is 1.86 bits per heavy atom. The average molecular weight is 472 g/mol. The highest BCUT2D eigenvalue weighted by Crippen LogP contribution is 2.44. The number of benzene rings is 1. The van der Waals surface area contributed by atoms with Crippen LogP contribution in [-0.2, 0) is 0 Å². The van der Waals surface area contributed by atoms with Crippen LogP contribution in [0.15, 0.2) is 43.2 Å². The summed E-state index contributed by atoms with van der Waals surface area (Å²) in [6.07, 6.45) is 9.55. The lowest BCUT2D eigenvalue weighted by atomic mass is 9.82. The second kappa shape index (κ2) is 8.51. The first-order chi connectivity index (χ1) is 16.9. The fourth-order valence-corrected chi connectivity index (χ4v) is 6.24. The van der Waals surface area contributed by atoms with Gasteiger partial charge in [0.1, 0.15) is 17.7 Å². The normalized spacial score (nSPS) is 26.4. The van der Waals surface area contributed by atoms with E-state index in [1.54, 1.807) is 6.20 Å². The molecule has 35 heavy (non-hydrogen) atoms. The third-order valence-corrected chi connectivity index (χ3v) is 8.30. The van der Waals surface area contributed by atoms with Gasteiger partial charge in [-0.2, -0.15) is 5.10 Å². The standard InChI is InChI=1S/C29H34FN5/c1-4-19-16-34(22-8-6-21(30)7-9-22)18(3)25-15-20(5-10-24(19)25)28-27-26(11-12-32-29(27)31)35(33-28)23-13-17(2)14-23/h5,10-12,15-17,21-23H,3-4,6-9,13-14H2,1-2H3,(H2,31,32). The molecule has 2 N–H and O–H groups in total. The largest absolute Gasteiger partial charge is 0.383 e. The molecule has 182 valence electrons. The van der Waals surface area contributed by atoms with Crippen LogP contribution in [-0.4, -0.2) is 31.9 Å². The average Bonchev–Trinajstić information content (AvgIpc) is 3.23. The van der Waals surface area contributed by atoms with E-state index in [1.807, 2.05) is 6.07 Å². The molecule has 0 atom stereocenters. The molecule has 1 aliphatic heterocycles. The third-order valence-electron chi connectivity index (χ3n) is 8.30. The van der Waals surface area contributed by atoms with E-state index in [0.29, 0.717) is 30.7 Å². The van der Waals surface area contributed by atoms with E-state index in [2.05, 4.69) is 59.4 Å². The number of alkyl halides is 1. The van der Waals surface area contributed by atoms with Crippen LogP contribution in [0.3, 0.4) is 0 Å². The van der Waals surface area contributed by atoms with Gasteiger partial charge in [0.15, 0.2) is 0 Å². The van der Waals surface area contributed by atoms with Gasteiger partial charge in [-0.3, -0.25) is 4.68 Å². The molecular weight excluding hydrogens is 437 g/mol. The van der Waals surface area contributed by atoms with Crippen LogP contribution in [0.5, 0.6) is 0 Å². The molecule has 5 nitrogen and oxygen atoms in total. The predicted octanol–water partition coefficient (Wildman–Crippen LogP) is 6.97. The summed E-state index contributed by atoms with van der Waals surface area (Å²) in [7, 11) is 0. The minimum atomic E-state index is -0.668. The van der Waals surface area contributed by atoms with E-state index in [-0.39, 0.29) is 0 Å². The lowest BCUT2D eigenvalue weighted by molar-refractivity contribution is 0.189. The monoisotopic (exact) mass is 471 g/mol. The molecule has 3 aromatic rings. The van der Waals surface area contributed by atoms with Crippen LogP contribution in [0.1, 0.15) is 76.0 Å². The molecule has 0 spiro atoms. The topological polar surface area (TPSA) is 60.0 Å². The molecule has 0 bridgehead atoms. The molecular formula is C29H34FN5. The Bertz CT molecular complexity index is 1320. The molecule has 3 heterocycles. The molecule has 3 aliphatic rings. The van der Waals surface area contributed by atoms with Crippen molar-refractivity contribution >= 4 is 28.0 Å². The first kappa shape index (κ1) is 22.3. The quantitative estimate of drug-likeness (QED) is 0.446. The zero-order valence-corrected chi connectivity index (χ0v) is 20.7. The number of nitrogens with zero attached hydrogens (tertiary/aromatic N) is 4. The SMILES string of the molecule is C=C1c2cc(-c3nn(C4CC(C)C4)c4ccnc(N)c34)ccc2C(CC)=CN1C1CCC(F)CC1. The van der Waals surface area contributed by atoms with Gasteiger partial charge in [-0.25, -0.2) is 9.37 Å². The molecule has 2 saturated carbocycles. The van der Waals surface area contributed by atoms with E-state index >= 15 is 0 Å². The maximum absolute atomic E-state index is 13.8. The van der Waals surface area contributed by atoms with Gasteiger partial charge in [-0.1, -0.05) is 32.6 Å². The minimum Gasteiger partial charge on any atom is -0.383 e. The molecule has 6 rings (SSSR count). The lowest BCUT2D eigenvalue weighted by Gasteiger charge is -2.39. The number of nitrogens with two attached hydrogens (primary N) is 1. The van der Waals surface area contributed by atoms with E-state index in [9.17, 15) is 4.39 Å². The van der Waals surface area contributed by atoms with E-state index in [0.717, 1.165) is 71.4 Å². The summed E-state index contributed by atoms with van der Waals surface area (Å²) in [6, 6.07) is 9.31. The molecule has 2 aliphatic carbocycles. The van der Waals surface area contributed by atoms with Crippen LogP contribution < -0.4 is 5.73 Å². The van der Waals surface area contributed by atoms with E-state index in [4.69, 9.17) is 10.8 Å². The number of anilines is 1. The van der Waals surface area contributed by atoms with Gasteiger partial charge in [0.2, 0.25) is 0 Å². The number of fused-ring (bicyclic) bond motifs is 2. The highest BCUT2D eigenvalue weighted by Gasteiger charge is 2.32. The second-order valence-electron chi connectivity index (χ2n) is 10.6. The summed E-state index contributed by atoms with van der Waals surface area (Å²) in [5.41, 5.74) is 14.0. The Morgan fingerprint density at radius 1 is 1.09 bits per heavy atom. The van der Waals surface area contributed by atoms with Crippen molar-refractivity contribution in [1.29, 1.82) is 0 Å². The molecule has 6 heteroatoms. The fourth-order valence-electron chi connectivity index (χ4n) is 6.24. The first-order valence-electron chi connectivity index (χ1n) is 13.0. The number of nitrogen functional groups attached to an aromatic ring is 1. The number of halogens is 1. The zero-order chi connectivity index (χ0) is 24.3. The molecule has 0 unspecified atom stereocenters. The van der Waals surface area contributed by atoms with Gasteiger partial charge in [0.25, 0.3) is 0 Å². The fraction of sp³-hybridized carbons (Fsp3) is 0.448. The van der Waals surface area contributed by atoms with Crippen LogP contribution in [0.4, 0.5) is 10.2 Å². The molecule has 0 amide bonds. The summed E-state index contributed by atoms with van der Waals surface area (Å²) < 4.78 is 16.0. The van der Waals surface area contributed by atoms with Gasteiger partial charge >= 0.3 is 0 Å². The van der Waals surface area contributed by atoms with Crippen molar-refractivity contribution in [1.82, 2.24) is 19.7 Å². The molecule has 0 saturated heterocycles. The molecule has 0 radical (unpaired) electrons. The van der Waals surface area contributed by atoms with Crippen molar-refractivity contribution in [2.75, 3.05) is 5.73 Å². The number of hydrogen-bond donors (Lipinski definition) is 1. The molecule has 1 aromatic carbocycles. The van der Waals surface area contributed by atoms with Gasteiger partial charge in [-0.05, 0) is 74.1 Å². The van der Waals surface area contributed by atoms with Crippen molar-refractivity contribution in [2.24, 2.45) is 5.92 Å². The van der Waals surface area contributed by atoms with Crippen molar-refractivity contribution in [3.8, 4) is 11.3 Å². The predicted molar refractivity (Wildman–Crippen MR) is 141 cm³/mol. The van der Waals surface area contributed by atoms with Gasteiger partial charge in [0, 0.05) is 35.3 Å². The summed E-state index contributed by atoms with van der Waals surface area (Å²) in [4.78, 5) is 6.70. The van der Waals surface area contributed by atoms with Crippen molar-refractivity contribution in [3.05, 3.63) is 54.4 Å². The first-order valence-corrected chi connectivity index (χ1v) is 13.0. The number of aromatic nitrogens is 3. The Labute approximate surface area is 206 Å². The second-order valence-corrected chi connectivity index (χ2v) is 10.6. The summed E-state index contributed by atoms with van der Waals surface area (Å²) >= 11 is 0. The summed E-state index contributed by atoms with van der Waals surface area (Å²) in [5, 5.41) is 6.03. The highest BCUT2D eigenvalue weighted by atomic mass is 19.1. The highest BCUT2D eigenvalue weighted by molar-refractivity contribution is 6.01. The third kappa shape index (κ3) is 3.65. The minimum absolute atomic E-state index is 0.299. The summed E-state index contributed by atoms with van der Waals surface area (Å²) in [5.74, 6) is 1.25. The number of rotatable bonds is 4. The van der Waals surface area contributed by atoms with Crippen LogP contribution in [0.25, 0.3) is 33.4 Å². The van der Waals surface area contributed by atoms with Crippen LogP contribution >= 0.6 is 0 Å². The van der Waals surface area contributed by atoms with Gasteiger partial charge in [0.05, 0.1) is 16.9 Å². The number of pyridine rings is 1. The Kier molecular flexibility index (Phi) is 5.42. The Balaban J connectivity index is 1.43. The zero-order valence-electron chi connectivity index (χ0n) is 20.7. The Morgan fingerprint density at radius 3 is 2.57 bits per heavy atom. The smallest absolute Gasteiger partial charge is 0.135 e. The van der Waals surface area contributed by atoms with Crippen LogP contribution in [0.2, 0.25) is 0 Å². The van der Waals surface area contributed by atoms with Crippen molar-refractivity contribution < 1.29 is 4.39 Å². The number of hydrogen-bond acceptors (Lipinski definition) is 4. The maximum Gasteiger partial charge on any atom is 0.135 e. The van der Waals surface area contributed by atoms with Crippen molar-refractivity contribution in [3.63, 3.8) is 0 Å². The number of allylic oxidation sites excluding steroid dienone is 1. The summed E-state index contributed by atoms with van der Waals surface area (Å²) in [6.45, 7) is 8.98. The van der Waals surface area contributed by atoms with Crippen LogP contribution in [0, 0.1) is 5.92 Å². The Hall–Kier alpha value is -3.15. The maximum atomic E-state index is 13.8. The molecule has 2 fully saturated rings. The van der Waals surface area contributed by atoms with E-state index in [1.165, 1.54) is 11.1 Å².